The number of benzene rings is 1. The Morgan fingerprint density at radius 1 is 1.38 bits per heavy atom. The minimum Gasteiger partial charge on any atom is -0.508 e. The zero-order valence-electron chi connectivity index (χ0n) is 13.4. The Balaban J connectivity index is 1.80. The molecule has 0 aliphatic heterocycles. The van der Waals surface area contributed by atoms with Crippen LogP contribution < -0.4 is 5.32 Å². The zero-order valence-corrected chi connectivity index (χ0v) is 13.4. The van der Waals surface area contributed by atoms with E-state index in [0.29, 0.717) is 30.0 Å². The maximum absolute atomic E-state index is 12.1. The topological polar surface area (TPSA) is 49.3 Å². The SMILES string of the molecule is CC1CC(NCCC(=O)c2cccc(O)c2)CC(C)(C)C1. The molecule has 3 nitrogen and oxygen atoms in total. The third-order valence-corrected chi connectivity index (χ3v) is 4.34. The van der Waals surface area contributed by atoms with Crippen LogP contribution in [0.15, 0.2) is 24.3 Å². The molecule has 0 bridgehead atoms. The molecule has 0 saturated heterocycles. The molecule has 2 atom stereocenters. The molecule has 1 fully saturated rings. The average molecular weight is 289 g/mol. The summed E-state index contributed by atoms with van der Waals surface area (Å²) in [6.07, 6.45) is 4.14. The van der Waals surface area contributed by atoms with Gasteiger partial charge in [-0.05, 0) is 42.7 Å². The highest BCUT2D eigenvalue weighted by molar-refractivity contribution is 5.96. The summed E-state index contributed by atoms with van der Waals surface area (Å²) in [5.41, 5.74) is 0.985. The predicted molar refractivity (Wildman–Crippen MR) is 85.6 cm³/mol. The molecule has 21 heavy (non-hydrogen) atoms. The van der Waals surface area contributed by atoms with Crippen molar-refractivity contribution in [1.82, 2.24) is 5.32 Å². The molecule has 0 heterocycles. The lowest BCUT2D eigenvalue weighted by Crippen LogP contribution is -2.40. The van der Waals surface area contributed by atoms with Gasteiger partial charge in [-0.15, -0.1) is 0 Å². The first-order valence-electron chi connectivity index (χ1n) is 7.91. The van der Waals surface area contributed by atoms with E-state index in [2.05, 4.69) is 26.1 Å². The second kappa shape index (κ2) is 6.61. The van der Waals surface area contributed by atoms with Crippen LogP contribution in [-0.2, 0) is 0 Å². The maximum Gasteiger partial charge on any atom is 0.164 e. The van der Waals surface area contributed by atoms with Crippen molar-refractivity contribution in [2.75, 3.05) is 6.54 Å². The Morgan fingerprint density at radius 3 is 2.81 bits per heavy atom. The van der Waals surface area contributed by atoms with Gasteiger partial charge >= 0.3 is 0 Å². The Morgan fingerprint density at radius 2 is 2.14 bits per heavy atom. The fraction of sp³-hybridized carbons (Fsp3) is 0.611. The Kier molecular flexibility index (Phi) is 5.04. The molecule has 0 amide bonds. The Hall–Kier alpha value is -1.35. The first-order chi connectivity index (χ1) is 9.85. The van der Waals surface area contributed by atoms with Gasteiger partial charge < -0.3 is 10.4 Å². The summed E-state index contributed by atoms with van der Waals surface area (Å²) >= 11 is 0. The van der Waals surface area contributed by atoms with Crippen molar-refractivity contribution in [1.29, 1.82) is 0 Å². The molecular formula is C18H27NO2. The fourth-order valence-corrected chi connectivity index (χ4v) is 3.72. The highest BCUT2D eigenvalue weighted by Crippen LogP contribution is 2.38. The monoisotopic (exact) mass is 289 g/mol. The van der Waals surface area contributed by atoms with Gasteiger partial charge in [0.1, 0.15) is 5.75 Å². The molecular weight excluding hydrogens is 262 g/mol. The number of ketones is 1. The molecule has 2 rings (SSSR count). The van der Waals surface area contributed by atoms with Gasteiger partial charge in [-0.2, -0.15) is 0 Å². The van der Waals surface area contributed by atoms with Crippen LogP contribution in [0.25, 0.3) is 0 Å². The lowest BCUT2D eigenvalue weighted by molar-refractivity contribution is 0.0976. The van der Waals surface area contributed by atoms with Crippen LogP contribution in [0.1, 0.15) is 56.8 Å². The van der Waals surface area contributed by atoms with E-state index in [9.17, 15) is 9.90 Å². The Labute approximate surface area is 127 Å². The van der Waals surface area contributed by atoms with Crippen molar-refractivity contribution in [3.63, 3.8) is 0 Å². The minimum absolute atomic E-state index is 0.0847. The van der Waals surface area contributed by atoms with Crippen molar-refractivity contribution in [2.24, 2.45) is 11.3 Å². The van der Waals surface area contributed by atoms with Crippen LogP contribution in [-0.4, -0.2) is 23.5 Å². The van der Waals surface area contributed by atoms with Crippen LogP contribution in [0.4, 0.5) is 0 Å². The van der Waals surface area contributed by atoms with Crippen LogP contribution in [0.2, 0.25) is 0 Å². The van der Waals surface area contributed by atoms with Gasteiger partial charge in [0, 0.05) is 24.6 Å². The molecule has 1 aliphatic rings. The molecule has 2 unspecified atom stereocenters. The second-order valence-corrected chi connectivity index (χ2v) is 7.29. The van der Waals surface area contributed by atoms with E-state index in [1.54, 1.807) is 18.2 Å². The molecule has 0 aromatic heterocycles. The molecule has 1 saturated carbocycles. The van der Waals surface area contributed by atoms with E-state index in [1.807, 2.05) is 0 Å². The van der Waals surface area contributed by atoms with E-state index < -0.39 is 0 Å². The number of hydrogen-bond acceptors (Lipinski definition) is 3. The molecule has 2 N–H and O–H groups in total. The average Bonchev–Trinajstić information content (AvgIpc) is 2.36. The van der Waals surface area contributed by atoms with Gasteiger partial charge in [-0.3, -0.25) is 4.79 Å². The molecule has 1 aliphatic carbocycles. The van der Waals surface area contributed by atoms with E-state index in [1.165, 1.54) is 25.3 Å². The van der Waals surface area contributed by atoms with Crippen molar-refractivity contribution in [2.45, 2.75) is 52.5 Å². The highest BCUT2D eigenvalue weighted by atomic mass is 16.3. The summed E-state index contributed by atoms with van der Waals surface area (Å²) in [5.74, 6) is 0.978. The van der Waals surface area contributed by atoms with Gasteiger partial charge in [0.05, 0.1) is 0 Å². The summed E-state index contributed by atoms with van der Waals surface area (Å²) in [6, 6.07) is 7.10. The molecule has 1 aromatic carbocycles. The number of hydrogen-bond donors (Lipinski definition) is 2. The van der Waals surface area contributed by atoms with E-state index in [4.69, 9.17) is 0 Å². The van der Waals surface area contributed by atoms with Gasteiger partial charge in [-0.1, -0.05) is 32.9 Å². The van der Waals surface area contributed by atoms with Gasteiger partial charge in [0.2, 0.25) is 0 Å². The summed E-state index contributed by atoms with van der Waals surface area (Å²) in [5, 5.41) is 12.9. The standard InChI is InChI=1S/C18H27NO2/c1-13-9-15(12-18(2,3)11-13)19-8-7-17(21)14-5-4-6-16(20)10-14/h4-6,10,13,15,19-20H,7-9,11-12H2,1-3H3. The zero-order chi connectivity index (χ0) is 15.5. The lowest BCUT2D eigenvalue weighted by atomic mass is 9.70. The van der Waals surface area contributed by atoms with Crippen molar-refractivity contribution in [3.05, 3.63) is 29.8 Å². The summed E-state index contributed by atoms with van der Waals surface area (Å²) in [6.45, 7) is 7.68. The number of carbonyl (C=O) groups is 1. The van der Waals surface area contributed by atoms with Gasteiger partial charge in [0.25, 0.3) is 0 Å². The smallest absolute Gasteiger partial charge is 0.164 e. The van der Waals surface area contributed by atoms with Crippen molar-refractivity contribution in [3.8, 4) is 5.75 Å². The van der Waals surface area contributed by atoms with Crippen LogP contribution in [0.5, 0.6) is 5.75 Å². The first kappa shape index (κ1) is 16.0. The highest BCUT2D eigenvalue weighted by Gasteiger charge is 2.31. The minimum atomic E-state index is 0.0847. The largest absolute Gasteiger partial charge is 0.508 e. The maximum atomic E-state index is 12.1. The molecule has 0 spiro atoms. The van der Waals surface area contributed by atoms with E-state index in [-0.39, 0.29) is 11.5 Å². The molecule has 0 radical (unpaired) electrons. The number of phenols is 1. The third kappa shape index (κ3) is 4.85. The van der Waals surface area contributed by atoms with Crippen LogP contribution in [0, 0.1) is 11.3 Å². The molecule has 3 heteroatoms. The predicted octanol–water partition coefficient (Wildman–Crippen LogP) is 3.77. The summed E-state index contributed by atoms with van der Waals surface area (Å²) < 4.78 is 0. The molecule has 1 aromatic rings. The first-order valence-corrected chi connectivity index (χ1v) is 7.91. The van der Waals surface area contributed by atoms with Crippen LogP contribution >= 0.6 is 0 Å². The number of carbonyl (C=O) groups excluding carboxylic acids is 1. The van der Waals surface area contributed by atoms with Crippen molar-refractivity contribution >= 4 is 5.78 Å². The normalized spacial score (nSPS) is 24.7. The Bertz CT molecular complexity index is 496. The van der Waals surface area contributed by atoms with E-state index >= 15 is 0 Å². The van der Waals surface area contributed by atoms with E-state index in [0.717, 1.165) is 5.92 Å². The number of nitrogens with one attached hydrogen (secondary N) is 1. The van der Waals surface area contributed by atoms with Crippen LogP contribution in [0.3, 0.4) is 0 Å². The fourth-order valence-electron chi connectivity index (χ4n) is 3.72. The lowest BCUT2D eigenvalue weighted by Gasteiger charge is -2.39. The van der Waals surface area contributed by atoms with Gasteiger partial charge in [0.15, 0.2) is 5.78 Å². The van der Waals surface area contributed by atoms with Crippen molar-refractivity contribution < 1.29 is 9.90 Å². The third-order valence-electron chi connectivity index (χ3n) is 4.34. The number of phenolic OH excluding ortho intramolecular Hbond substituents is 1. The summed E-state index contributed by atoms with van der Waals surface area (Å²) in [4.78, 5) is 12.1. The quantitative estimate of drug-likeness (QED) is 0.811. The second-order valence-electron chi connectivity index (χ2n) is 7.29. The number of Topliss-reactive ketones (excluding diaryl/α,β-unsaturated/α-hetero) is 1. The number of rotatable bonds is 5. The molecule has 116 valence electrons. The summed E-state index contributed by atoms with van der Waals surface area (Å²) in [7, 11) is 0. The van der Waals surface area contributed by atoms with Gasteiger partial charge in [-0.25, -0.2) is 0 Å². The number of aromatic hydroxyl groups is 1.